The van der Waals surface area contributed by atoms with Gasteiger partial charge in [0.05, 0.1) is 12.9 Å². The van der Waals surface area contributed by atoms with E-state index in [-0.39, 0.29) is 6.10 Å². The zero-order chi connectivity index (χ0) is 23.9. The first-order valence-electron chi connectivity index (χ1n) is 12.2. The number of hydrogen-bond donors (Lipinski definition) is 0. The van der Waals surface area contributed by atoms with E-state index >= 15 is 0 Å². The molecular weight excluding hydrogens is 456 g/mol. The first-order valence-corrected chi connectivity index (χ1v) is 12.6. The summed E-state index contributed by atoms with van der Waals surface area (Å²) in [5.41, 5.74) is 3.81. The van der Waals surface area contributed by atoms with E-state index in [0.717, 1.165) is 56.3 Å². The van der Waals surface area contributed by atoms with Crippen molar-refractivity contribution in [2.24, 2.45) is 0 Å². The Balaban J connectivity index is 1.19. The lowest BCUT2D eigenvalue weighted by Crippen LogP contribution is -2.46. The van der Waals surface area contributed by atoms with Crippen LogP contribution < -0.4 is 14.5 Å². The predicted molar refractivity (Wildman–Crippen MR) is 144 cm³/mol. The summed E-state index contributed by atoms with van der Waals surface area (Å²) in [5.74, 6) is 0.901. The summed E-state index contributed by atoms with van der Waals surface area (Å²) in [4.78, 5) is 9.09. The second kappa shape index (κ2) is 11.3. The van der Waals surface area contributed by atoms with E-state index in [1.54, 1.807) is 0 Å². The van der Waals surface area contributed by atoms with Crippen LogP contribution in [0, 0.1) is 0 Å². The topological polar surface area (TPSA) is 33.5 Å². The zero-order valence-electron chi connectivity index (χ0n) is 19.8. The van der Waals surface area contributed by atoms with Crippen molar-refractivity contribution in [3.8, 4) is 5.75 Å². The molecule has 0 bridgehead atoms. The molecule has 0 N–H and O–H groups in total. The number of nitrogens with zero attached hydrogens (tertiary/aromatic N) is 4. The van der Waals surface area contributed by atoms with Gasteiger partial charge in [0.1, 0.15) is 11.9 Å². The van der Waals surface area contributed by atoms with Gasteiger partial charge in [0.2, 0.25) is 0 Å². The highest BCUT2D eigenvalue weighted by Gasteiger charge is 2.18. The first-order chi connectivity index (χ1) is 17.2. The van der Waals surface area contributed by atoms with Gasteiger partial charge in [0, 0.05) is 55.0 Å². The Morgan fingerprint density at radius 2 is 1.46 bits per heavy atom. The Kier molecular flexibility index (Phi) is 7.54. The Morgan fingerprint density at radius 3 is 2.09 bits per heavy atom. The summed E-state index contributed by atoms with van der Waals surface area (Å²) in [5, 5.41) is 0.765. The van der Waals surface area contributed by atoms with Crippen molar-refractivity contribution in [3.63, 3.8) is 0 Å². The third kappa shape index (κ3) is 6.37. The molecular formula is C29H31ClN4O. The zero-order valence-corrected chi connectivity index (χ0v) is 20.6. The third-order valence-electron chi connectivity index (χ3n) is 6.55. The molecule has 5 nitrogen and oxygen atoms in total. The molecule has 1 atom stereocenters. The summed E-state index contributed by atoms with van der Waals surface area (Å²) >= 11 is 6.04. The van der Waals surface area contributed by atoms with Crippen LogP contribution in [0.15, 0.2) is 97.6 Å². The van der Waals surface area contributed by atoms with Crippen molar-refractivity contribution >= 4 is 23.0 Å². The van der Waals surface area contributed by atoms with E-state index in [1.807, 2.05) is 30.9 Å². The molecule has 35 heavy (non-hydrogen) atoms. The van der Waals surface area contributed by atoms with Crippen molar-refractivity contribution in [2.45, 2.75) is 25.5 Å². The molecule has 1 aliphatic heterocycles. The number of piperazine rings is 1. The molecule has 0 spiro atoms. The van der Waals surface area contributed by atoms with Crippen LogP contribution in [0.3, 0.4) is 0 Å². The average molecular weight is 487 g/mol. The molecule has 5 rings (SSSR count). The smallest absolute Gasteiger partial charge is 0.119 e. The minimum atomic E-state index is 0.0418. The minimum Gasteiger partial charge on any atom is -0.489 e. The van der Waals surface area contributed by atoms with E-state index < -0.39 is 0 Å². The fourth-order valence-corrected chi connectivity index (χ4v) is 4.71. The van der Waals surface area contributed by atoms with Crippen LogP contribution in [0.25, 0.3) is 0 Å². The molecule has 6 heteroatoms. The van der Waals surface area contributed by atoms with E-state index in [4.69, 9.17) is 16.3 Å². The van der Waals surface area contributed by atoms with Gasteiger partial charge in [-0.25, -0.2) is 4.98 Å². The molecule has 2 heterocycles. The summed E-state index contributed by atoms with van der Waals surface area (Å²) in [6, 6.07) is 27.3. The summed E-state index contributed by atoms with van der Waals surface area (Å²) < 4.78 is 8.53. The summed E-state index contributed by atoms with van der Waals surface area (Å²) in [6.45, 7) is 4.84. The fraction of sp³-hybridized carbons (Fsp3) is 0.276. The number of halogens is 1. The Labute approximate surface area is 212 Å². The van der Waals surface area contributed by atoms with Gasteiger partial charge in [0.15, 0.2) is 0 Å². The molecule has 4 aromatic rings. The van der Waals surface area contributed by atoms with Crippen LogP contribution in [-0.4, -0.2) is 41.8 Å². The number of aryl methyl sites for hydroxylation is 1. The van der Waals surface area contributed by atoms with E-state index in [1.165, 1.54) is 16.9 Å². The lowest BCUT2D eigenvalue weighted by atomic mass is 10.1. The molecule has 180 valence electrons. The van der Waals surface area contributed by atoms with Gasteiger partial charge >= 0.3 is 0 Å². The van der Waals surface area contributed by atoms with Crippen molar-refractivity contribution in [2.75, 3.05) is 36.0 Å². The molecule has 1 fully saturated rings. The molecule has 0 amide bonds. The van der Waals surface area contributed by atoms with Gasteiger partial charge in [-0.2, -0.15) is 0 Å². The van der Waals surface area contributed by atoms with E-state index in [9.17, 15) is 0 Å². The third-order valence-corrected chi connectivity index (χ3v) is 6.80. The predicted octanol–water partition coefficient (Wildman–Crippen LogP) is 5.94. The van der Waals surface area contributed by atoms with E-state index in [2.05, 4.69) is 86.1 Å². The maximum absolute atomic E-state index is 6.45. The van der Waals surface area contributed by atoms with Crippen molar-refractivity contribution in [1.29, 1.82) is 0 Å². The fourth-order valence-electron chi connectivity index (χ4n) is 4.59. The van der Waals surface area contributed by atoms with Gasteiger partial charge < -0.3 is 19.1 Å². The molecule has 1 aromatic heterocycles. The second-order valence-corrected chi connectivity index (χ2v) is 9.40. The molecule has 1 unspecified atom stereocenters. The summed E-state index contributed by atoms with van der Waals surface area (Å²) in [6.07, 6.45) is 7.51. The number of ether oxygens (including phenoxy) is 1. The SMILES string of the molecule is Clc1ccc(CCC(Cn2ccnc2)Oc2ccc(N3CCN(c4ccccc4)CC3)cc2)cc1. The lowest BCUT2D eigenvalue weighted by molar-refractivity contribution is 0.170. The molecule has 1 saturated heterocycles. The van der Waals surface area contributed by atoms with E-state index in [0.29, 0.717) is 0 Å². The van der Waals surface area contributed by atoms with Crippen LogP contribution in [0.1, 0.15) is 12.0 Å². The van der Waals surface area contributed by atoms with Crippen molar-refractivity contribution in [3.05, 3.63) is 108 Å². The Morgan fingerprint density at radius 1 is 0.800 bits per heavy atom. The van der Waals surface area contributed by atoms with Gasteiger partial charge in [-0.1, -0.05) is 41.9 Å². The number of imidazole rings is 1. The molecule has 1 aliphatic rings. The van der Waals surface area contributed by atoms with Crippen molar-refractivity contribution in [1.82, 2.24) is 9.55 Å². The average Bonchev–Trinajstić information content (AvgIpc) is 3.42. The number of aromatic nitrogens is 2. The van der Waals surface area contributed by atoms with Gasteiger partial charge in [-0.05, 0) is 66.9 Å². The van der Waals surface area contributed by atoms with Gasteiger partial charge in [0.25, 0.3) is 0 Å². The van der Waals surface area contributed by atoms with Crippen LogP contribution in [0.4, 0.5) is 11.4 Å². The summed E-state index contributed by atoms with van der Waals surface area (Å²) in [7, 11) is 0. The molecule has 0 saturated carbocycles. The molecule has 0 aliphatic carbocycles. The Bertz CT molecular complexity index is 1160. The normalized spacial score (nSPS) is 14.7. The van der Waals surface area contributed by atoms with Gasteiger partial charge in [-0.3, -0.25) is 0 Å². The van der Waals surface area contributed by atoms with Crippen molar-refractivity contribution < 1.29 is 4.74 Å². The first kappa shape index (κ1) is 23.3. The highest BCUT2D eigenvalue weighted by atomic mass is 35.5. The molecule has 0 radical (unpaired) electrons. The maximum atomic E-state index is 6.45. The highest BCUT2D eigenvalue weighted by molar-refractivity contribution is 6.30. The minimum absolute atomic E-state index is 0.0418. The van der Waals surface area contributed by atoms with Crippen LogP contribution in [-0.2, 0) is 13.0 Å². The standard InChI is InChI=1S/C29H31ClN4O/c30-25-9-6-24(7-10-25)8-13-29(22-32-17-16-31-23-32)35-28-14-11-27(12-15-28)34-20-18-33(19-21-34)26-4-2-1-3-5-26/h1-7,9-12,14-17,23,29H,8,13,18-22H2. The Hall–Kier alpha value is -3.44. The quantitative estimate of drug-likeness (QED) is 0.293. The number of anilines is 2. The number of hydrogen-bond acceptors (Lipinski definition) is 4. The second-order valence-electron chi connectivity index (χ2n) is 8.97. The maximum Gasteiger partial charge on any atom is 0.119 e. The highest BCUT2D eigenvalue weighted by Crippen LogP contribution is 2.24. The number of rotatable bonds is 9. The van der Waals surface area contributed by atoms with Gasteiger partial charge in [-0.15, -0.1) is 0 Å². The van der Waals surface area contributed by atoms with Crippen LogP contribution >= 0.6 is 11.6 Å². The number of benzene rings is 3. The largest absolute Gasteiger partial charge is 0.489 e. The lowest BCUT2D eigenvalue weighted by Gasteiger charge is -2.37. The van der Waals surface area contributed by atoms with Crippen LogP contribution in [0.5, 0.6) is 5.75 Å². The monoisotopic (exact) mass is 486 g/mol. The number of para-hydroxylation sites is 1. The molecule has 3 aromatic carbocycles. The van der Waals surface area contributed by atoms with Crippen LogP contribution in [0.2, 0.25) is 5.02 Å².